The quantitative estimate of drug-likeness (QED) is 0.529. The first kappa shape index (κ1) is 18.6. The van der Waals surface area contributed by atoms with Gasteiger partial charge in [0.2, 0.25) is 0 Å². The van der Waals surface area contributed by atoms with Crippen LogP contribution in [0.5, 0.6) is 0 Å². The van der Waals surface area contributed by atoms with Crippen LogP contribution < -0.4 is 0 Å². The molecule has 0 aliphatic heterocycles. The largest absolute Gasteiger partial charge is 0.385 e. The van der Waals surface area contributed by atoms with E-state index in [9.17, 15) is 0 Å². The van der Waals surface area contributed by atoms with Crippen LogP contribution in [0.25, 0.3) is 0 Å². The Kier molecular flexibility index (Phi) is 7.83. The summed E-state index contributed by atoms with van der Waals surface area (Å²) in [5.74, 6) is 1.11. The standard InChI is InChI=1S/C19H32OS/c1-18(2,14-15-20-5)12-9-13-19(3,4)21-16-17-10-7-6-8-11-17/h6-8,10-11H,9,12-16H2,1-5H3. The van der Waals surface area contributed by atoms with Crippen LogP contribution in [0.15, 0.2) is 30.3 Å². The van der Waals surface area contributed by atoms with Gasteiger partial charge in [-0.15, -0.1) is 0 Å². The highest BCUT2D eigenvalue weighted by Crippen LogP contribution is 2.35. The molecule has 2 heteroatoms. The first-order chi connectivity index (χ1) is 9.85. The predicted molar refractivity (Wildman–Crippen MR) is 95.9 cm³/mol. The molecular formula is C19H32OS. The second kappa shape index (κ2) is 8.85. The summed E-state index contributed by atoms with van der Waals surface area (Å²) in [6.07, 6.45) is 5.01. The number of hydrogen-bond acceptors (Lipinski definition) is 2. The van der Waals surface area contributed by atoms with E-state index in [1.807, 2.05) is 0 Å². The molecule has 1 nitrogen and oxygen atoms in total. The second-order valence-electron chi connectivity index (χ2n) is 7.29. The Morgan fingerprint density at radius 3 is 2.24 bits per heavy atom. The molecule has 0 aliphatic carbocycles. The maximum atomic E-state index is 5.21. The van der Waals surface area contributed by atoms with Gasteiger partial charge in [-0.2, -0.15) is 11.8 Å². The molecule has 0 aromatic heterocycles. The summed E-state index contributed by atoms with van der Waals surface area (Å²) >= 11 is 2.08. The summed E-state index contributed by atoms with van der Waals surface area (Å²) in [6, 6.07) is 10.8. The van der Waals surface area contributed by atoms with Crippen LogP contribution >= 0.6 is 11.8 Å². The average Bonchev–Trinajstić information content (AvgIpc) is 2.44. The second-order valence-corrected chi connectivity index (χ2v) is 8.98. The van der Waals surface area contributed by atoms with Crippen LogP contribution in [0.3, 0.4) is 0 Å². The molecule has 0 saturated heterocycles. The fourth-order valence-electron chi connectivity index (χ4n) is 2.42. The molecule has 0 heterocycles. The number of thioether (sulfide) groups is 1. The highest BCUT2D eigenvalue weighted by molar-refractivity contribution is 7.99. The van der Waals surface area contributed by atoms with E-state index in [1.165, 1.54) is 24.8 Å². The van der Waals surface area contributed by atoms with Gasteiger partial charge in [0.15, 0.2) is 0 Å². The third kappa shape index (κ3) is 8.53. The van der Waals surface area contributed by atoms with Gasteiger partial charge in [0.1, 0.15) is 0 Å². The smallest absolute Gasteiger partial charge is 0.0467 e. The Labute approximate surface area is 135 Å². The van der Waals surface area contributed by atoms with Crippen molar-refractivity contribution in [1.29, 1.82) is 0 Å². The van der Waals surface area contributed by atoms with Gasteiger partial charge >= 0.3 is 0 Å². The van der Waals surface area contributed by atoms with Crippen molar-refractivity contribution in [1.82, 2.24) is 0 Å². The van der Waals surface area contributed by atoms with Crippen molar-refractivity contribution in [3.63, 3.8) is 0 Å². The van der Waals surface area contributed by atoms with Crippen LogP contribution in [0.2, 0.25) is 0 Å². The topological polar surface area (TPSA) is 9.23 Å². The SMILES string of the molecule is COCCC(C)(C)CCCC(C)(C)SCc1ccccc1. The van der Waals surface area contributed by atoms with E-state index in [2.05, 4.69) is 69.8 Å². The molecule has 1 rings (SSSR count). The molecule has 0 atom stereocenters. The van der Waals surface area contributed by atoms with Gasteiger partial charge in [-0.25, -0.2) is 0 Å². The molecule has 1 aromatic rings. The Hall–Kier alpha value is -0.470. The van der Waals surface area contributed by atoms with E-state index in [1.54, 1.807) is 7.11 Å². The maximum absolute atomic E-state index is 5.21. The van der Waals surface area contributed by atoms with E-state index in [0.717, 1.165) is 18.8 Å². The molecule has 0 amide bonds. The van der Waals surface area contributed by atoms with Crippen molar-refractivity contribution in [2.24, 2.45) is 5.41 Å². The zero-order valence-electron chi connectivity index (χ0n) is 14.4. The third-order valence-corrected chi connectivity index (χ3v) is 5.55. The molecule has 0 spiro atoms. The highest BCUT2D eigenvalue weighted by Gasteiger charge is 2.22. The maximum Gasteiger partial charge on any atom is 0.0467 e. The minimum Gasteiger partial charge on any atom is -0.385 e. The van der Waals surface area contributed by atoms with Crippen LogP contribution in [0, 0.1) is 5.41 Å². The Morgan fingerprint density at radius 1 is 0.952 bits per heavy atom. The summed E-state index contributed by atoms with van der Waals surface area (Å²) in [7, 11) is 1.79. The van der Waals surface area contributed by atoms with Crippen LogP contribution in [-0.4, -0.2) is 18.5 Å². The minimum absolute atomic E-state index is 0.354. The zero-order chi connectivity index (χ0) is 15.8. The summed E-state index contributed by atoms with van der Waals surface area (Å²) in [6.45, 7) is 10.3. The number of ether oxygens (including phenoxy) is 1. The van der Waals surface area contributed by atoms with E-state index >= 15 is 0 Å². The van der Waals surface area contributed by atoms with Crippen LogP contribution in [-0.2, 0) is 10.5 Å². The van der Waals surface area contributed by atoms with Gasteiger partial charge in [0, 0.05) is 24.2 Å². The number of methoxy groups -OCH3 is 1. The lowest BCUT2D eigenvalue weighted by molar-refractivity contribution is 0.145. The molecular weight excluding hydrogens is 276 g/mol. The summed E-state index contributed by atoms with van der Waals surface area (Å²) in [5, 5.41) is 0. The van der Waals surface area contributed by atoms with Crippen molar-refractivity contribution in [3.05, 3.63) is 35.9 Å². The fraction of sp³-hybridized carbons (Fsp3) is 0.684. The molecule has 0 fully saturated rings. The number of benzene rings is 1. The van der Waals surface area contributed by atoms with Crippen LogP contribution in [0.4, 0.5) is 0 Å². The molecule has 21 heavy (non-hydrogen) atoms. The predicted octanol–water partition coefficient (Wildman–Crippen LogP) is 5.93. The van der Waals surface area contributed by atoms with Gasteiger partial charge in [-0.3, -0.25) is 0 Å². The molecule has 0 aliphatic rings. The highest BCUT2D eigenvalue weighted by atomic mass is 32.2. The lowest BCUT2D eigenvalue weighted by Crippen LogP contribution is -2.18. The van der Waals surface area contributed by atoms with Gasteiger partial charge in [0.05, 0.1) is 0 Å². The van der Waals surface area contributed by atoms with Gasteiger partial charge in [0.25, 0.3) is 0 Å². The van der Waals surface area contributed by atoms with E-state index in [0.29, 0.717) is 10.2 Å². The molecule has 0 bridgehead atoms. The van der Waals surface area contributed by atoms with Crippen molar-refractivity contribution in [2.45, 2.75) is 63.9 Å². The van der Waals surface area contributed by atoms with Gasteiger partial charge in [-0.05, 0) is 30.2 Å². The molecule has 1 aromatic carbocycles. The number of rotatable bonds is 10. The Bertz CT molecular complexity index is 384. The molecule has 120 valence electrons. The Balaban J connectivity index is 2.29. The summed E-state index contributed by atoms with van der Waals surface area (Å²) < 4.78 is 5.56. The van der Waals surface area contributed by atoms with E-state index in [4.69, 9.17) is 4.74 Å². The third-order valence-electron chi connectivity index (χ3n) is 4.09. The minimum atomic E-state index is 0.354. The average molecular weight is 309 g/mol. The zero-order valence-corrected chi connectivity index (χ0v) is 15.3. The van der Waals surface area contributed by atoms with E-state index < -0.39 is 0 Å². The Morgan fingerprint density at radius 2 is 1.62 bits per heavy atom. The molecule has 0 saturated carbocycles. The first-order valence-corrected chi connectivity index (χ1v) is 9.00. The van der Waals surface area contributed by atoms with E-state index in [-0.39, 0.29) is 0 Å². The van der Waals surface area contributed by atoms with Gasteiger partial charge in [-0.1, -0.05) is 64.4 Å². The van der Waals surface area contributed by atoms with Crippen molar-refractivity contribution < 1.29 is 4.74 Å². The van der Waals surface area contributed by atoms with Gasteiger partial charge < -0.3 is 4.74 Å². The summed E-state index contributed by atoms with van der Waals surface area (Å²) in [4.78, 5) is 0. The molecule has 0 radical (unpaired) electrons. The monoisotopic (exact) mass is 308 g/mol. The lowest BCUT2D eigenvalue weighted by atomic mass is 9.83. The normalized spacial score (nSPS) is 12.6. The fourth-order valence-corrected chi connectivity index (χ4v) is 3.46. The molecule has 0 unspecified atom stereocenters. The van der Waals surface area contributed by atoms with Crippen molar-refractivity contribution >= 4 is 11.8 Å². The van der Waals surface area contributed by atoms with Crippen molar-refractivity contribution in [3.8, 4) is 0 Å². The summed E-state index contributed by atoms with van der Waals surface area (Å²) in [5.41, 5.74) is 1.83. The number of hydrogen-bond donors (Lipinski definition) is 0. The van der Waals surface area contributed by atoms with Crippen molar-refractivity contribution in [2.75, 3.05) is 13.7 Å². The lowest BCUT2D eigenvalue weighted by Gasteiger charge is -2.28. The molecule has 0 N–H and O–H groups in total. The van der Waals surface area contributed by atoms with Crippen LogP contribution in [0.1, 0.15) is 58.9 Å². The first-order valence-electron chi connectivity index (χ1n) is 8.01.